The van der Waals surface area contributed by atoms with Gasteiger partial charge in [-0.25, -0.2) is 27.4 Å². The predicted octanol–water partition coefficient (Wildman–Crippen LogP) is -4.31. The SMILES string of the molecule is Cn1cc[n+](C)c1/N=N/c1ccc(NCCC[N+](C)(CCCNc2ccc(/N=N/c3n(C)cc[n+]3C)cc2)CCCNc2ccc(/N=N/c3n(C)cc[n+]3C)cc2)cc1.[Cl-].[Cl-].[Cl-].[Cl-]. The number of imidazole rings is 3. The molecule has 0 radical (unpaired) electrons. The highest BCUT2D eigenvalue weighted by atomic mass is 35.5. The Morgan fingerprint density at radius 3 is 0.905 bits per heavy atom. The average molecular weight is 943 g/mol. The van der Waals surface area contributed by atoms with E-state index in [0.29, 0.717) is 0 Å². The van der Waals surface area contributed by atoms with Crippen LogP contribution in [0.1, 0.15) is 19.3 Å². The van der Waals surface area contributed by atoms with Crippen LogP contribution in [-0.4, -0.2) is 64.5 Å². The molecule has 6 rings (SSSR count). The van der Waals surface area contributed by atoms with E-state index in [2.05, 4.69) is 90.1 Å². The molecule has 3 aromatic heterocycles. The molecule has 340 valence electrons. The van der Waals surface area contributed by atoms with Crippen LogP contribution in [0.3, 0.4) is 0 Å². The molecule has 3 N–H and O–H groups in total. The third-order valence-corrected chi connectivity index (χ3v) is 10.4. The van der Waals surface area contributed by atoms with Crippen molar-refractivity contribution in [2.24, 2.45) is 73.0 Å². The second kappa shape index (κ2) is 26.3. The van der Waals surface area contributed by atoms with Crippen molar-refractivity contribution in [3.63, 3.8) is 0 Å². The van der Waals surface area contributed by atoms with Gasteiger partial charge in [0.05, 0.1) is 106 Å². The lowest BCUT2D eigenvalue weighted by Gasteiger charge is -2.35. The van der Waals surface area contributed by atoms with Crippen LogP contribution in [-0.2, 0) is 42.3 Å². The molecule has 0 atom stereocenters. The van der Waals surface area contributed by atoms with Gasteiger partial charge in [0, 0.05) is 71.3 Å². The van der Waals surface area contributed by atoms with Gasteiger partial charge in [-0.1, -0.05) is 15.3 Å². The van der Waals surface area contributed by atoms with Gasteiger partial charge in [-0.15, -0.1) is 0 Å². The van der Waals surface area contributed by atoms with E-state index in [1.165, 1.54) is 0 Å². The minimum Gasteiger partial charge on any atom is -1.00 e. The van der Waals surface area contributed by atoms with Crippen LogP contribution >= 0.6 is 0 Å². The summed E-state index contributed by atoms with van der Waals surface area (Å²) in [6.45, 7) is 5.89. The van der Waals surface area contributed by atoms with Gasteiger partial charge in [-0.3, -0.25) is 0 Å². The number of quaternary nitrogens is 1. The normalized spacial score (nSPS) is 11.3. The molecule has 0 saturated carbocycles. The molecule has 0 saturated heterocycles. The van der Waals surface area contributed by atoms with E-state index in [9.17, 15) is 0 Å². The summed E-state index contributed by atoms with van der Waals surface area (Å²) in [7, 11) is 14.2. The molecule has 0 aliphatic rings. The van der Waals surface area contributed by atoms with Gasteiger partial charge >= 0.3 is 17.8 Å². The number of hydrogen-bond acceptors (Lipinski definition) is 9. The summed E-state index contributed by atoms with van der Waals surface area (Å²) in [6, 6.07) is 24.4. The van der Waals surface area contributed by atoms with Gasteiger partial charge in [0.25, 0.3) is 0 Å². The molecule has 16 nitrogen and oxygen atoms in total. The molecule has 0 aliphatic carbocycles. The minimum atomic E-state index is 0. The number of aromatic nitrogens is 6. The second-order valence-electron chi connectivity index (χ2n) is 15.3. The Morgan fingerprint density at radius 1 is 0.429 bits per heavy atom. The molecule has 0 bridgehead atoms. The van der Waals surface area contributed by atoms with Crippen molar-refractivity contribution in [2.45, 2.75) is 19.3 Å². The molecule has 0 amide bonds. The molecule has 0 unspecified atom stereocenters. The van der Waals surface area contributed by atoms with Gasteiger partial charge in [0.1, 0.15) is 17.1 Å². The van der Waals surface area contributed by atoms with E-state index < -0.39 is 0 Å². The highest BCUT2D eigenvalue weighted by Gasteiger charge is 2.21. The summed E-state index contributed by atoms with van der Waals surface area (Å²) in [5.41, 5.74) is 5.71. The number of rotatable bonds is 21. The Morgan fingerprint density at radius 2 is 0.683 bits per heavy atom. The van der Waals surface area contributed by atoms with Gasteiger partial charge in [-0.05, 0) is 72.8 Å². The molecule has 3 aromatic carbocycles. The molecule has 20 heteroatoms. The van der Waals surface area contributed by atoms with Crippen LogP contribution in [0.4, 0.5) is 52.0 Å². The zero-order valence-electron chi connectivity index (χ0n) is 37.1. The van der Waals surface area contributed by atoms with Crippen LogP contribution in [0.5, 0.6) is 0 Å². The Labute approximate surface area is 396 Å². The second-order valence-corrected chi connectivity index (χ2v) is 15.3. The average Bonchev–Trinajstić information content (AvgIpc) is 3.87. The van der Waals surface area contributed by atoms with E-state index in [1.807, 2.05) is 143 Å². The highest BCUT2D eigenvalue weighted by molar-refractivity contribution is 5.52. The molecular weight excluding hydrogens is 882 g/mol. The lowest BCUT2D eigenvalue weighted by molar-refractivity contribution is -0.909. The summed E-state index contributed by atoms with van der Waals surface area (Å²) in [5.74, 6) is 2.37. The quantitative estimate of drug-likeness (QED) is 0.0292. The van der Waals surface area contributed by atoms with Crippen molar-refractivity contribution < 1.29 is 67.8 Å². The number of aryl methyl sites for hydroxylation is 6. The summed E-state index contributed by atoms with van der Waals surface area (Å²) in [5, 5.41) is 37.4. The predicted molar refractivity (Wildman–Crippen MR) is 232 cm³/mol. The Bertz CT molecular complexity index is 2020. The topological polar surface area (TPSA) is 137 Å². The number of benzene rings is 3. The van der Waals surface area contributed by atoms with E-state index in [0.717, 1.165) is 115 Å². The molecule has 0 spiro atoms. The van der Waals surface area contributed by atoms with E-state index in [1.54, 1.807) is 0 Å². The van der Waals surface area contributed by atoms with Crippen molar-refractivity contribution in [1.29, 1.82) is 0 Å². The van der Waals surface area contributed by atoms with Crippen LogP contribution in [0.15, 0.2) is 141 Å². The van der Waals surface area contributed by atoms with Gasteiger partial charge in [-0.2, -0.15) is 0 Å². The Hall–Kier alpha value is -5.39. The van der Waals surface area contributed by atoms with Gasteiger partial charge in [0.2, 0.25) is 0 Å². The molecule has 0 aliphatic heterocycles. The lowest BCUT2D eigenvalue weighted by atomic mass is 10.2. The first-order valence-corrected chi connectivity index (χ1v) is 20.2. The van der Waals surface area contributed by atoms with Gasteiger partial charge < -0.3 is 70.1 Å². The Kier molecular flexibility index (Phi) is 22.4. The first kappa shape index (κ1) is 53.7. The standard InChI is InChI=1S/C43H57N16.4ClH/c1-53-26-27-54(2)41(53)50-47-38-17-11-35(12-18-38)44-23-8-32-59(7,33-9-24-45-36-13-19-39(20-14-36)48-51-42-55(3)28-29-56(42)4)34-10-25-46-37-15-21-40(22-16-37)49-52-43-57(5)30-31-58(43)6;;;;/h11-22,26-31H,8-10,23-25,32-34H2,1-7H3;4*1H/q+1;;;;/p-1. The Balaban J connectivity index is 0.00000341. The van der Waals surface area contributed by atoms with E-state index in [4.69, 9.17) is 0 Å². The third-order valence-electron chi connectivity index (χ3n) is 10.4. The molecule has 63 heavy (non-hydrogen) atoms. The minimum absolute atomic E-state index is 0. The fraction of sp³-hybridized carbons (Fsp3) is 0.372. The number of anilines is 3. The highest BCUT2D eigenvalue weighted by Crippen LogP contribution is 2.22. The molecular formula is C43H60Cl4N16. The van der Waals surface area contributed by atoms with Crippen LogP contribution < -0.4 is 79.3 Å². The van der Waals surface area contributed by atoms with Crippen LogP contribution in [0, 0.1) is 0 Å². The number of azo groups is 3. The van der Waals surface area contributed by atoms with E-state index in [-0.39, 0.29) is 49.6 Å². The number of halogens is 4. The maximum Gasteiger partial charge on any atom is 0.421 e. The van der Waals surface area contributed by atoms with Crippen molar-refractivity contribution in [2.75, 3.05) is 62.3 Å². The van der Waals surface area contributed by atoms with Crippen molar-refractivity contribution >= 4 is 52.0 Å². The fourth-order valence-corrected chi connectivity index (χ4v) is 6.83. The monoisotopic (exact) mass is 940 g/mol. The molecule has 0 fully saturated rings. The number of hydrogen-bond donors (Lipinski definition) is 3. The maximum absolute atomic E-state index is 4.42. The zero-order valence-corrected chi connectivity index (χ0v) is 40.1. The third kappa shape index (κ3) is 16.0. The molecule has 6 aromatic rings. The van der Waals surface area contributed by atoms with Gasteiger partial charge in [0.15, 0.2) is 0 Å². The summed E-state index contributed by atoms with van der Waals surface area (Å²) < 4.78 is 12.7. The largest absolute Gasteiger partial charge is 1.00 e. The first-order chi connectivity index (χ1) is 28.5. The fourth-order valence-electron chi connectivity index (χ4n) is 6.83. The summed E-state index contributed by atoms with van der Waals surface area (Å²) >= 11 is 0. The summed E-state index contributed by atoms with van der Waals surface area (Å²) in [4.78, 5) is 0. The van der Waals surface area contributed by atoms with Crippen molar-refractivity contribution in [3.05, 3.63) is 110 Å². The zero-order chi connectivity index (χ0) is 41.6. The molecule has 3 heterocycles. The summed E-state index contributed by atoms with van der Waals surface area (Å²) in [6.07, 6.45) is 14.9. The van der Waals surface area contributed by atoms with E-state index >= 15 is 0 Å². The van der Waals surface area contributed by atoms with Crippen molar-refractivity contribution in [1.82, 2.24) is 13.7 Å². The van der Waals surface area contributed by atoms with Crippen LogP contribution in [0.2, 0.25) is 0 Å². The van der Waals surface area contributed by atoms with Crippen molar-refractivity contribution in [3.8, 4) is 0 Å². The first-order valence-electron chi connectivity index (χ1n) is 20.2. The number of nitrogens with one attached hydrogen (secondary N) is 3. The maximum atomic E-state index is 4.42. The lowest BCUT2D eigenvalue weighted by Crippen LogP contribution is -3.00. The number of nitrogens with zero attached hydrogens (tertiary/aromatic N) is 13. The smallest absolute Gasteiger partial charge is 0.421 e. The van der Waals surface area contributed by atoms with Crippen LogP contribution in [0.25, 0.3) is 0 Å².